The number of amides is 1. The van der Waals surface area contributed by atoms with E-state index in [1.165, 1.54) is 7.11 Å². The summed E-state index contributed by atoms with van der Waals surface area (Å²) < 4.78 is 10.2. The molecule has 1 fully saturated rings. The van der Waals surface area contributed by atoms with Crippen LogP contribution in [0.15, 0.2) is 36.4 Å². The zero-order valence-corrected chi connectivity index (χ0v) is 14.9. The number of benzene rings is 2. The van der Waals surface area contributed by atoms with Gasteiger partial charge in [-0.05, 0) is 30.9 Å². The number of hydrogen-bond donors (Lipinski definition) is 2. The maximum atomic E-state index is 12.4. The highest BCUT2D eigenvalue weighted by Crippen LogP contribution is 2.32. The first-order valence-corrected chi connectivity index (χ1v) is 8.85. The van der Waals surface area contributed by atoms with E-state index >= 15 is 0 Å². The highest BCUT2D eigenvalue weighted by Gasteiger charge is 2.26. The summed E-state index contributed by atoms with van der Waals surface area (Å²) in [6.45, 7) is -0.161. The van der Waals surface area contributed by atoms with E-state index in [0.717, 1.165) is 35.7 Å². The van der Waals surface area contributed by atoms with Crippen molar-refractivity contribution in [2.75, 3.05) is 19.0 Å². The lowest BCUT2D eigenvalue weighted by molar-refractivity contribution is -0.142. The van der Waals surface area contributed by atoms with Crippen molar-refractivity contribution in [3.8, 4) is 5.75 Å². The topological polar surface area (TPSA) is 90.6 Å². The molecule has 0 heterocycles. The Kier molecular flexibility index (Phi) is 5.73. The van der Waals surface area contributed by atoms with Gasteiger partial charge in [0.15, 0.2) is 6.61 Å². The van der Waals surface area contributed by atoms with Crippen molar-refractivity contribution in [3.05, 3.63) is 36.4 Å². The molecule has 6 heteroatoms. The van der Waals surface area contributed by atoms with Gasteiger partial charge in [0.2, 0.25) is 5.91 Å². The molecule has 138 valence electrons. The van der Waals surface area contributed by atoms with Gasteiger partial charge in [-0.15, -0.1) is 0 Å². The van der Waals surface area contributed by atoms with Gasteiger partial charge >= 0.3 is 5.97 Å². The third-order valence-electron chi connectivity index (χ3n) is 4.90. The van der Waals surface area contributed by atoms with Gasteiger partial charge in [-0.1, -0.05) is 30.7 Å². The van der Waals surface area contributed by atoms with Crippen LogP contribution in [0.5, 0.6) is 5.75 Å². The lowest BCUT2D eigenvalue weighted by atomic mass is 9.99. The Morgan fingerprint density at radius 2 is 1.92 bits per heavy atom. The Morgan fingerprint density at radius 3 is 2.62 bits per heavy atom. The standard InChI is InChI=1S/C20H24N2O4/c1-25-20(24)12-26-18-10-9-17(14-6-2-3-7-15(14)18)22-19(23)11-13-5-4-8-16(13)21/h2-3,6-7,9-10,13,16H,4-5,8,11-12,21H2,1H3,(H,22,23)/t13-,16+/m0/s1. The van der Waals surface area contributed by atoms with Crippen LogP contribution in [0.3, 0.4) is 0 Å². The average molecular weight is 356 g/mol. The van der Waals surface area contributed by atoms with E-state index in [1.807, 2.05) is 24.3 Å². The maximum Gasteiger partial charge on any atom is 0.343 e. The molecule has 3 rings (SSSR count). The third-order valence-corrected chi connectivity index (χ3v) is 4.90. The minimum absolute atomic E-state index is 0.0271. The Balaban J connectivity index is 1.76. The molecule has 0 saturated heterocycles. The van der Waals surface area contributed by atoms with E-state index in [9.17, 15) is 9.59 Å². The smallest absolute Gasteiger partial charge is 0.343 e. The molecule has 1 aliphatic carbocycles. The predicted molar refractivity (Wildman–Crippen MR) is 100 cm³/mol. The van der Waals surface area contributed by atoms with Gasteiger partial charge in [-0.25, -0.2) is 4.79 Å². The van der Waals surface area contributed by atoms with Gasteiger partial charge in [0, 0.05) is 28.9 Å². The number of carbonyl (C=O) groups excluding carboxylic acids is 2. The minimum Gasteiger partial charge on any atom is -0.481 e. The van der Waals surface area contributed by atoms with Crippen molar-refractivity contribution in [2.24, 2.45) is 11.7 Å². The summed E-state index contributed by atoms with van der Waals surface area (Å²) in [4.78, 5) is 23.7. The van der Waals surface area contributed by atoms with Crippen LogP contribution in [-0.2, 0) is 14.3 Å². The fourth-order valence-corrected chi connectivity index (χ4v) is 3.46. The maximum absolute atomic E-state index is 12.4. The molecule has 2 aromatic rings. The molecule has 6 nitrogen and oxygen atoms in total. The summed E-state index contributed by atoms with van der Waals surface area (Å²) in [5.74, 6) is 0.353. The van der Waals surface area contributed by atoms with E-state index < -0.39 is 5.97 Å². The molecular formula is C20H24N2O4. The Labute approximate surface area is 152 Å². The van der Waals surface area contributed by atoms with E-state index in [2.05, 4.69) is 10.1 Å². The number of fused-ring (bicyclic) bond motifs is 1. The SMILES string of the molecule is COC(=O)COc1ccc(NC(=O)C[C@@H]2CCC[C@H]2N)c2ccccc12. The Morgan fingerprint density at radius 1 is 1.15 bits per heavy atom. The lowest BCUT2D eigenvalue weighted by Crippen LogP contribution is -2.28. The number of nitrogens with two attached hydrogens (primary N) is 1. The van der Waals surface area contributed by atoms with Gasteiger partial charge in [0.25, 0.3) is 0 Å². The average Bonchev–Trinajstić information content (AvgIpc) is 3.05. The van der Waals surface area contributed by atoms with Gasteiger partial charge in [-0.2, -0.15) is 0 Å². The molecule has 0 radical (unpaired) electrons. The number of nitrogens with one attached hydrogen (secondary N) is 1. The Bertz CT molecular complexity index is 805. The molecule has 0 aromatic heterocycles. The van der Waals surface area contributed by atoms with Crippen LogP contribution in [0.2, 0.25) is 0 Å². The summed E-state index contributed by atoms with van der Waals surface area (Å²) in [7, 11) is 1.32. The van der Waals surface area contributed by atoms with E-state index in [4.69, 9.17) is 10.5 Å². The van der Waals surface area contributed by atoms with Crippen LogP contribution in [0.4, 0.5) is 5.69 Å². The second kappa shape index (κ2) is 8.19. The van der Waals surface area contributed by atoms with E-state index in [-0.39, 0.29) is 24.5 Å². The van der Waals surface area contributed by atoms with E-state index in [0.29, 0.717) is 12.2 Å². The van der Waals surface area contributed by atoms with Gasteiger partial charge in [-0.3, -0.25) is 4.79 Å². The van der Waals surface area contributed by atoms with Crippen LogP contribution >= 0.6 is 0 Å². The molecule has 0 spiro atoms. The first-order chi connectivity index (χ1) is 12.6. The van der Waals surface area contributed by atoms with Gasteiger partial charge in [0.05, 0.1) is 7.11 Å². The normalized spacial score (nSPS) is 19.3. The van der Waals surface area contributed by atoms with Crippen LogP contribution in [0.1, 0.15) is 25.7 Å². The molecular weight excluding hydrogens is 332 g/mol. The molecule has 26 heavy (non-hydrogen) atoms. The minimum atomic E-state index is -0.445. The second-order valence-corrected chi connectivity index (χ2v) is 6.63. The molecule has 0 bridgehead atoms. The molecule has 2 atom stereocenters. The number of rotatable bonds is 6. The number of methoxy groups -OCH3 is 1. The summed E-state index contributed by atoms with van der Waals surface area (Å²) in [6, 6.07) is 11.3. The lowest BCUT2D eigenvalue weighted by Gasteiger charge is -2.16. The Hall–Kier alpha value is -2.60. The van der Waals surface area contributed by atoms with Gasteiger partial charge < -0.3 is 20.5 Å². The fourth-order valence-electron chi connectivity index (χ4n) is 3.46. The highest BCUT2D eigenvalue weighted by molar-refractivity contribution is 6.04. The largest absolute Gasteiger partial charge is 0.481 e. The molecule has 2 aromatic carbocycles. The number of anilines is 1. The van der Waals surface area contributed by atoms with Crippen LogP contribution in [0, 0.1) is 5.92 Å². The van der Waals surface area contributed by atoms with Crippen LogP contribution in [0.25, 0.3) is 10.8 Å². The van der Waals surface area contributed by atoms with Crippen molar-refractivity contribution >= 4 is 28.3 Å². The molecule has 0 unspecified atom stereocenters. The number of ether oxygens (including phenoxy) is 2. The predicted octanol–water partition coefficient (Wildman–Crippen LogP) is 2.85. The number of esters is 1. The molecule has 1 amide bonds. The van der Waals surface area contributed by atoms with Crippen molar-refractivity contribution in [1.82, 2.24) is 0 Å². The molecule has 1 aliphatic rings. The molecule has 3 N–H and O–H groups in total. The number of carbonyl (C=O) groups is 2. The van der Waals surface area contributed by atoms with Crippen molar-refractivity contribution in [3.63, 3.8) is 0 Å². The monoisotopic (exact) mass is 356 g/mol. The molecule has 0 aliphatic heterocycles. The highest BCUT2D eigenvalue weighted by atomic mass is 16.6. The third kappa shape index (κ3) is 4.14. The van der Waals surface area contributed by atoms with Crippen molar-refractivity contribution < 1.29 is 19.1 Å². The van der Waals surface area contributed by atoms with Crippen LogP contribution in [-0.4, -0.2) is 31.6 Å². The van der Waals surface area contributed by atoms with Crippen molar-refractivity contribution in [1.29, 1.82) is 0 Å². The fraction of sp³-hybridized carbons (Fsp3) is 0.400. The summed E-state index contributed by atoms with van der Waals surface area (Å²) in [6.07, 6.45) is 3.53. The quantitative estimate of drug-likeness (QED) is 0.777. The van der Waals surface area contributed by atoms with Crippen molar-refractivity contribution in [2.45, 2.75) is 31.7 Å². The van der Waals surface area contributed by atoms with Gasteiger partial charge in [0.1, 0.15) is 5.75 Å². The zero-order chi connectivity index (χ0) is 18.5. The summed E-state index contributed by atoms with van der Waals surface area (Å²) >= 11 is 0. The molecule has 1 saturated carbocycles. The first-order valence-electron chi connectivity index (χ1n) is 8.85. The second-order valence-electron chi connectivity index (χ2n) is 6.63. The zero-order valence-electron chi connectivity index (χ0n) is 14.9. The number of hydrogen-bond acceptors (Lipinski definition) is 5. The summed E-state index contributed by atoms with van der Waals surface area (Å²) in [5.41, 5.74) is 6.79. The van der Waals surface area contributed by atoms with Crippen LogP contribution < -0.4 is 15.8 Å². The summed E-state index contributed by atoms with van der Waals surface area (Å²) in [5, 5.41) is 4.68. The van der Waals surface area contributed by atoms with E-state index in [1.54, 1.807) is 12.1 Å². The first kappa shape index (κ1) is 18.2.